The highest BCUT2D eigenvalue weighted by molar-refractivity contribution is 6.74. The smallest absolute Gasteiger partial charge is 0.337 e. The second kappa shape index (κ2) is 9.22. The molecule has 0 bridgehead atoms. The monoisotopic (exact) mass is 471 g/mol. The summed E-state index contributed by atoms with van der Waals surface area (Å²) in [5.74, 6) is -0.759. The van der Waals surface area contributed by atoms with Gasteiger partial charge in [0.1, 0.15) is 0 Å². The quantitative estimate of drug-likeness (QED) is 0.314. The molecule has 0 spiro atoms. The molecule has 0 fully saturated rings. The first kappa shape index (κ1) is 24.2. The van der Waals surface area contributed by atoms with Crippen LogP contribution in [0.1, 0.15) is 47.8 Å². The van der Waals surface area contributed by atoms with E-state index in [1.165, 1.54) is 7.11 Å². The standard InChI is InChI=1S/C25H30ClNO4Si/c1-25(2,3)32(5,6)31-14-13-16-7-9-17(10-8-16)22(26)21-19-15-18(24(29)30-4)11-12-20(19)27-23(21)28/h7-12,15H,13-14H2,1-6H3,(H,27,28)/b22-21-. The van der Waals surface area contributed by atoms with Gasteiger partial charge in [-0.2, -0.15) is 0 Å². The molecule has 1 heterocycles. The number of esters is 1. The van der Waals surface area contributed by atoms with Gasteiger partial charge in [-0.1, -0.05) is 56.6 Å². The number of carbonyl (C=O) groups excluding carboxylic acids is 2. The third kappa shape index (κ3) is 4.98. The largest absolute Gasteiger partial charge is 0.465 e. The van der Waals surface area contributed by atoms with Gasteiger partial charge < -0.3 is 14.5 Å². The molecule has 1 aliphatic heterocycles. The van der Waals surface area contributed by atoms with E-state index in [-0.39, 0.29) is 10.9 Å². The van der Waals surface area contributed by atoms with E-state index in [1.807, 2.05) is 24.3 Å². The van der Waals surface area contributed by atoms with Crippen LogP contribution >= 0.6 is 11.6 Å². The summed E-state index contributed by atoms with van der Waals surface area (Å²) in [4.78, 5) is 24.5. The molecule has 0 unspecified atom stereocenters. The number of hydrogen-bond acceptors (Lipinski definition) is 4. The minimum atomic E-state index is -1.77. The number of nitrogens with one attached hydrogen (secondary N) is 1. The summed E-state index contributed by atoms with van der Waals surface area (Å²) in [5, 5.41) is 3.32. The second-order valence-electron chi connectivity index (χ2n) is 9.45. The lowest BCUT2D eigenvalue weighted by molar-refractivity contribution is -0.110. The van der Waals surface area contributed by atoms with Crippen LogP contribution in [0.4, 0.5) is 5.69 Å². The zero-order valence-electron chi connectivity index (χ0n) is 19.5. The van der Waals surface area contributed by atoms with Gasteiger partial charge in [-0.15, -0.1) is 0 Å². The Bertz CT molecular complexity index is 1070. The van der Waals surface area contributed by atoms with Crippen LogP contribution in [0.25, 0.3) is 10.6 Å². The lowest BCUT2D eigenvalue weighted by Crippen LogP contribution is -2.41. The SMILES string of the molecule is COC(=O)c1ccc2c(c1)/C(=C(/Cl)c1ccc(CCO[Si](C)(C)C(C)(C)C)cc1)C(=O)N2. The van der Waals surface area contributed by atoms with Crippen LogP contribution in [0.15, 0.2) is 42.5 Å². The van der Waals surface area contributed by atoms with Gasteiger partial charge in [0.05, 0.1) is 23.3 Å². The number of fused-ring (bicyclic) bond motifs is 1. The van der Waals surface area contributed by atoms with Crippen molar-refractivity contribution in [2.75, 3.05) is 19.0 Å². The van der Waals surface area contributed by atoms with Crippen molar-refractivity contribution in [2.45, 2.75) is 45.3 Å². The zero-order valence-corrected chi connectivity index (χ0v) is 21.2. The maximum absolute atomic E-state index is 12.6. The first-order valence-electron chi connectivity index (χ1n) is 10.6. The van der Waals surface area contributed by atoms with Gasteiger partial charge in [0.15, 0.2) is 8.32 Å². The molecule has 1 amide bonds. The van der Waals surface area contributed by atoms with E-state index >= 15 is 0 Å². The number of hydrogen-bond donors (Lipinski definition) is 1. The van der Waals surface area contributed by atoms with E-state index < -0.39 is 14.3 Å². The molecule has 3 rings (SSSR count). The number of halogens is 1. The third-order valence-electron chi connectivity index (χ3n) is 6.27. The Morgan fingerprint density at radius 1 is 1.06 bits per heavy atom. The van der Waals surface area contributed by atoms with Gasteiger partial charge >= 0.3 is 5.97 Å². The predicted octanol–water partition coefficient (Wildman–Crippen LogP) is 6.10. The number of ether oxygens (including phenoxy) is 1. The molecule has 0 radical (unpaired) electrons. The normalized spacial score (nSPS) is 15.3. The number of amides is 1. The molecule has 7 heteroatoms. The second-order valence-corrected chi connectivity index (χ2v) is 14.6. The van der Waals surface area contributed by atoms with E-state index in [1.54, 1.807) is 18.2 Å². The summed E-state index contributed by atoms with van der Waals surface area (Å²) in [6.07, 6.45) is 0.812. The lowest BCUT2D eigenvalue weighted by atomic mass is 10.0. The van der Waals surface area contributed by atoms with Crippen molar-refractivity contribution in [1.29, 1.82) is 0 Å². The minimum absolute atomic E-state index is 0.183. The molecule has 1 N–H and O–H groups in total. The molecule has 0 aromatic heterocycles. The highest BCUT2D eigenvalue weighted by Crippen LogP contribution is 2.39. The van der Waals surface area contributed by atoms with Gasteiger partial charge in [0.2, 0.25) is 0 Å². The predicted molar refractivity (Wildman–Crippen MR) is 132 cm³/mol. The highest BCUT2D eigenvalue weighted by atomic mass is 35.5. The van der Waals surface area contributed by atoms with Gasteiger partial charge in [-0.25, -0.2) is 4.79 Å². The summed E-state index contributed by atoms with van der Waals surface area (Å²) in [7, 11) is -0.447. The Morgan fingerprint density at radius 2 is 1.69 bits per heavy atom. The maximum Gasteiger partial charge on any atom is 0.337 e. The summed E-state index contributed by atoms with van der Waals surface area (Å²) < 4.78 is 11.0. The number of benzene rings is 2. The lowest BCUT2D eigenvalue weighted by Gasteiger charge is -2.36. The molecule has 170 valence electrons. The van der Waals surface area contributed by atoms with Gasteiger partial charge in [-0.05, 0) is 53.9 Å². The number of carbonyl (C=O) groups is 2. The Labute approximate surface area is 195 Å². The van der Waals surface area contributed by atoms with Crippen LogP contribution in [-0.4, -0.2) is 33.9 Å². The number of rotatable bonds is 6. The molecule has 2 aromatic rings. The molecule has 2 aromatic carbocycles. The molecule has 0 aliphatic carbocycles. The van der Waals surface area contributed by atoms with Crippen LogP contribution in [0.3, 0.4) is 0 Å². The average molecular weight is 472 g/mol. The van der Waals surface area contributed by atoms with Crippen molar-refractivity contribution in [3.63, 3.8) is 0 Å². The maximum atomic E-state index is 12.6. The van der Waals surface area contributed by atoms with Gasteiger partial charge in [0.25, 0.3) is 5.91 Å². The van der Waals surface area contributed by atoms with Crippen LogP contribution in [0.5, 0.6) is 0 Å². The fraction of sp³-hybridized carbons (Fsp3) is 0.360. The van der Waals surface area contributed by atoms with E-state index in [0.29, 0.717) is 34.0 Å². The Hall–Kier alpha value is -2.41. The van der Waals surface area contributed by atoms with E-state index in [0.717, 1.165) is 17.5 Å². The topological polar surface area (TPSA) is 64.6 Å². The zero-order chi connectivity index (χ0) is 23.7. The van der Waals surface area contributed by atoms with Crippen molar-refractivity contribution >= 4 is 48.1 Å². The molecule has 0 saturated heterocycles. The fourth-order valence-electron chi connectivity index (χ4n) is 3.23. The van der Waals surface area contributed by atoms with Crippen LogP contribution in [0.2, 0.25) is 18.1 Å². The van der Waals surface area contributed by atoms with Gasteiger partial charge in [0, 0.05) is 17.9 Å². The molecule has 32 heavy (non-hydrogen) atoms. The molecule has 5 nitrogen and oxygen atoms in total. The van der Waals surface area contributed by atoms with Crippen molar-refractivity contribution in [2.24, 2.45) is 0 Å². The Morgan fingerprint density at radius 3 is 2.28 bits per heavy atom. The van der Waals surface area contributed by atoms with Crippen LogP contribution in [0, 0.1) is 0 Å². The Kier molecular flexibility index (Phi) is 6.98. The highest BCUT2D eigenvalue weighted by Gasteiger charge is 2.36. The molecule has 0 saturated carbocycles. The van der Waals surface area contributed by atoms with E-state index in [9.17, 15) is 9.59 Å². The van der Waals surface area contributed by atoms with E-state index in [2.05, 4.69) is 39.2 Å². The summed E-state index contributed by atoms with van der Waals surface area (Å²) in [6.45, 7) is 11.9. The minimum Gasteiger partial charge on any atom is -0.465 e. The van der Waals surface area contributed by atoms with Crippen LogP contribution in [-0.2, 0) is 20.4 Å². The van der Waals surface area contributed by atoms with Crippen molar-refractivity contribution in [1.82, 2.24) is 0 Å². The number of anilines is 1. The van der Waals surface area contributed by atoms with E-state index in [4.69, 9.17) is 20.8 Å². The van der Waals surface area contributed by atoms with Crippen molar-refractivity contribution < 1.29 is 18.8 Å². The summed E-state index contributed by atoms with van der Waals surface area (Å²) >= 11 is 6.65. The summed E-state index contributed by atoms with van der Waals surface area (Å²) in [6, 6.07) is 12.8. The number of methoxy groups -OCH3 is 1. The molecular weight excluding hydrogens is 442 g/mol. The fourth-order valence-corrected chi connectivity index (χ4v) is 4.59. The Balaban J connectivity index is 1.80. The van der Waals surface area contributed by atoms with Crippen molar-refractivity contribution in [3.8, 4) is 0 Å². The first-order valence-corrected chi connectivity index (χ1v) is 13.9. The molecule has 0 atom stereocenters. The third-order valence-corrected chi connectivity index (χ3v) is 11.2. The van der Waals surface area contributed by atoms with Crippen LogP contribution < -0.4 is 5.32 Å². The first-order chi connectivity index (χ1) is 14.9. The van der Waals surface area contributed by atoms with Crippen molar-refractivity contribution in [3.05, 3.63) is 64.7 Å². The molecule has 1 aliphatic rings. The molecular formula is C25H30ClNO4Si. The summed E-state index contributed by atoms with van der Waals surface area (Å²) in [5.41, 5.74) is 3.81. The average Bonchev–Trinajstić information content (AvgIpc) is 3.07. The van der Waals surface area contributed by atoms with Gasteiger partial charge in [-0.3, -0.25) is 4.79 Å².